The fraction of sp³-hybridized carbons (Fsp3) is 0.455. The third-order valence-electron chi connectivity index (χ3n) is 2.60. The highest BCUT2D eigenvalue weighted by Gasteiger charge is 2.11. The van der Waals surface area contributed by atoms with Crippen LogP contribution in [0.25, 0.3) is 5.95 Å². The first-order valence-corrected chi connectivity index (χ1v) is 6.08. The second-order valence-corrected chi connectivity index (χ2v) is 3.92. The molecule has 0 radical (unpaired) electrons. The Kier molecular flexibility index (Phi) is 4.24. The summed E-state index contributed by atoms with van der Waals surface area (Å²) in [6.45, 7) is 2.00. The zero-order valence-electron chi connectivity index (χ0n) is 10.9. The molecule has 0 fully saturated rings. The Hall–Kier alpha value is -2.22. The van der Waals surface area contributed by atoms with Crippen molar-refractivity contribution in [3.8, 4) is 5.95 Å². The van der Waals surface area contributed by atoms with Crippen LogP contribution in [0.5, 0.6) is 0 Å². The van der Waals surface area contributed by atoms with E-state index in [0.717, 1.165) is 6.42 Å². The minimum atomic E-state index is -0.0856. The summed E-state index contributed by atoms with van der Waals surface area (Å²) in [6.07, 6.45) is 4.18. The molecule has 0 spiro atoms. The summed E-state index contributed by atoms with van der Waals surface area (Å²) in [4.78, 5) is 12.7. The lowest BCUT2D eigenvalue weighted by Crippen LogP contribution is -2.24. The van der Waals surface area contributed by atoms with Crippen LogP contribution in [-0.2, 0) is 0 Å². The predicted octanol–water partition coefficient (Wildman–Crippen LogP) is 0.282. The lowest BCUT2D eigenvalue weighted by Gasteiger charge is -2.14. The fourth-order valence-electron chi connectivity index (χ4n) is 1.49. The Balaban J connectivity index is 2.31. The molecule has 0 bridgehead atoms. The van der Waals surface area contributed by atoms with Gasteiger partial charge in [-0.15, -0.1) is 0 Å². The third kappa shape index (κ3) is 3.16. The van der Waals surface area contributed by atoms with E-state index in [1.807, 2.05) is 6.92 Å². The molecule has 0 amide bonds. The molecule has 1 atom stereocenters. The highest BCUT2D eigenvalue weighted by atomic mass is 16.3. The molecule has 2 aromatic rings. The largest absolute Gasteiger partial charge is 0.394 e. The van der Waals surface area contributed by atoms with Crippen LogP contribution >= 0.6 is 0 Å². The molecule has 0 aromatic carbocycles. The van der Waals surface area contributed by atoms with Crippen molar-refractivity contribution in [1.29, 1.82) is 0 Å². The molecule has 0 aliphatic rings. The van der Waals surface area contributed by atoms with Gasteiger partial charge in [0, 0.05) is 19.4 Å². The molecule has 2 heterocycles. The van der Waals surface area contributed by atoms with Crippen LogP contribution in [0.2, 0.25) is 0 Å². The summed E-state index contributed by atoms with van der Waals surface area (Å²) in [5, 5.41) is 19.2. The van der Waals surface area contributed by atoms with E-state index in [1.165, 1.54) is 0 Å². The summed E-state index contributed by atoms with van der Waals surface area (Å²) >= 11 is 0. The number of aliphatic hydroxyl groups excluding tert-OH is 1. The Morgan fingerprint density at radius 3 is 2.68 bits per heavy atom. The van der Waals surface area contributed by atoms with Gasteiger partial charge < -0.3 is 15.7 Å². The average molecular weight is 263 g/mol. The summed E-state index contributed by atoms with van der Waals surface area (Å²) in [5.41, 5.74) is 0. The summed E-state index contributed by atoms with van der Waals surface area (Å²) < 4.78 is 1.55. The van der Waals surface area contributed by atoms with Gasteiger partial charge in [-0.2, -0.15) is 20.1 Å². The molecule has 2 aromatic heterocycles. The second kappa shape index (κ2) is 6.10. The molecular formula is C11H17N7O. The van der Waals surface area contributed by atoms with Crippen molar-refractivity contribution in [1.82, 2.24) is 24.7 Å². The predicted molar refractivity (Wildman–Crippen MR) is 71.3 cm³/mol. The smallest absolute Gasteiger partial charge is 0.257 e. The van der Waals surface area contributed by atoms with E-state index in [1.54, 1.807) is 30.2 Å². The van der Waals surface area contributed by atoms with Crippen molar-refractivity contribution in [2.75, 3.05) is 24.3 Å². The van der Waals surface area contributed by atoms with Crippen molar-refractivity contribution in [3.63, 3.8) is 0 Å². The average Bonchev–Trinajstić information content (AvgIpc) is 2.98. The molecule has 8 heteroatoms. The van der Waals surface area contributed by atoms with Gasteiger partial charge in [0.2, 0.25) is 11.9 Å². The molecule has 102 valence electrons. The number of hydrogen-bond acceptors (Lipinski definition) is 7. The van der Waals surface area contributed by atoms with Crippen LogP contribution in [0.4, 0.5) is 11.9 Å². The molecule has 0 aliphatic heterocycles. The van der Waals surface area contributed by atoms with Gasteiger partial charge in [0.05, 0.1) is 12.6 Å². The highest BCUT2D eigenvalue weighted by Crippen LogP contribution is 2.10. The molecule has 0 saturated heterocycles. The first-order chi connectivity index (χ1) is 9.26. The topological polar surface area (TPSA) is 101 Å². The first-order valence-electron chi connectivity index (χ1n) is 6.08. The number of rotatable bonds is 6. The van der Waals surface area contributed by atoms with E-state index in [2.05, 4.69) is 30.7 Å². The lowest BCUT2D eigenvalue weighted by atomic mass is 10.2. The number of nitrogens with zero attached hydrogens (tertiary/aromatic N) is 5. The van der Waals surface area contributed by atoms with Gasteiger partial charge in [-0.05, 0) is 12.5 Å². The normalized spacial score (nSPS) is 12.2. The SMILES string of the molecule is CCC(CO)Nc1nc(NC)nc(-n2cccn2)n1. The molecule has 19 heavy (non-hydrogen) atoms. The summed E-state index contributed by atoms with van der Waals surface area (Å²) in [6, 6.07) is 1.70. The quantitative estimate of drug-likeness (QED) is 0.688. The van der Waals surface area contributed by atoms with Gasteiger partial charge in [0.25, 0.3) is 5.95 Å². The van der Waals surface area contributed by atoms with Crippen LogP contribution in [0.15, 0.2) is 18.5 Å². The maximum atomic E-state index is 9.20. The van der Waals surface area contributed by atoms with Crippen LogP contribution in [-0.4, -0.2) is 49.5 Å². The molecule has 0 saturated carbocycles. The highest BCUT2D eigenvalue weighted by molar-refractivity contribution is 5.37. The minimum absolute atomic E-state index is 0.0220. The summed E-state index contributed by atoms with van der Waals surface area (Å²) in [5.74, 6) is 1.26. The molecular weight excluding hydrogens is 246 g/mol. The van der Waals surface area contributed by atoms with Gasteiger partial charge in [-0.1, -0.05) is 6.92 Å². The van der Waals surface area contributed by atoms with Gasteiger partial charge in [0.15, 0.2) is 0 Å². The number of aliphatic hydroxyl groups is 1. The van der Waals surface area contributed by atoms with Crippen molar-refractivity contribution < 1.29 is 5.11 Å². The lowest BCUT2D eigenvalue weighted by molar-refractivity contribution is 0.271. The summed E-state index contributed by atoms with van der Waals surface area (Å²) in [7, 11) is 1.73. The van der Waals surface area contributed by atoms with Crippen molar-refractivity contribution in [2.45, 2.75) is 19.4 Å². The Bertz CT molecular complexity index is 510. The number of nitrogens with one attached hydrogen (secondary N) is 2. The zero-order valence-corrected chi connectivity index (χ0v) is 10.9. The molecule has 8 nitrogen and oxygen atoms in total. The number of hydrogen-bond donors (Lipinski definition) is 3. The van der Waals surface area contributed by atoms with E-state index < -0.39 is 0 Å². The molecule has 1 unspecified atom stereocenters. The Morgan fingerprint density at radius 2 is 2.11 bits per heavy atom. The Morgan fingerprint density at radius 1 is 1.32 bits per heavy atom. The number of aromatic nitrogens is 5. The van der Waals surface area contributed by atoms with Gasteiger partial charge in [0.1, 0.15) is 0 Å². The second-order valence-electron chi connectivity index (χ2n) is 3.92. The van der Waals surface area contributed by atoms with Crippen molar-refractivity contribution >= 4 is 11.9 Å². The van der Waals surface area contributed by atoms with Crippen molar-refractivity contribution in [3.05, 3.63) is 18.5 Å². The van der Waals surface area contributed by atoms with Crippen LogP contribution in [0.3, 0.4) is 0 Å². The Labute approximate surface area is 110 Å². The van der Waals surface area contributed by atoms with E-state index in [-0.39, 0.29) is 12.6 Å². The van der Waals surface area contributed by atoms with Crippen LogP contribution < -0.4 is 10.6 Å². The van der Waals surface area contributed by atoms with E-state index in [4.69, 9.17) is 0 Å². The first kappa shape index (κ1) is 13.2. The van der Waals surface area contributed by atoms with Gasteiger partial charge >= 0.3 is 0 Å². The minimum Gasteiger partial charge on any atom is -0.394 e. The zero-order chi connectivity index (χ0) is 13.7. The maximum absolute atomic E-state index is 9.20. The number of anilines is 2. The molecule has 2 rings (SSSR count). The van der Waals surface area contributed by atoms with E-state index in [9.17, 15) is 5.11 Å². The van der Waals surface area contributed by atoms with Crippen LogP contribution in [0, 0.1) is 0 Å². The maximum Gasteiger partial charge on any atom is 0.257 e. The molecule has 3 N–H and O–H groups in total. The van der Waals surface area contributed by atoms with Gasteiger partial charge in [-0.3, -0.25) is 0 Å². The van der Waals surface area contributed by atoms with E-state index in [0.29, 0.717) is 17.8 Å². The fourth-order valence-corrected chi connectivity index (χ4v) is 1.49. The van der Waals surface area contributed by atoms with E-state index >= 15 is 0 Å². The monoisotopic (exact) mass is 263 g/mol. The third-order valence-corrected chi connectivity index (χ3v) is 2.60. The standard InChI is InChI=1S/C11H17N7O/c1-3-8(7-19)14-10-15-9(12-2)16-11(17-10)18-6-4-5-13-18/h4-6,8,19H,3,7H2,1-2H3,(H2,12,14,15,16,17). The van der Waals surface area contributed by atoms with Gasteiger partial charge in [-0.25, -0.2) is 4.68 Å². The van der Waals surface area contributed by atoms with Crippen LogP contribution in [0.1, 0.15) is 13.3 Å². The van der Waals surface area contributed by atoms with Crippen molar-refractivity contribution in [2.24, 2.45) is 0 Å². The molecule has 0 aliphatic carbocycles.